The molecule has 0 radical (unpaired) electrons. The Hall–Kier alpha value is -2.33. The number of benzene rings is 2. The summed E-state index contributed by atoms with van der Waals surface area (Å²) in [4.78, 5) is 13.8. The number of ether oxygens (including phenoxy) is 1. The first-order valence-electron chi connectivity index (χ1n) is 8.40. The van der Waals surface area contributed by atoms with E-state index < -0.39 is 6.10 Å². The van der Waals surface area contributed by atoms with E-state index in [0.29, 0.717) is 13.1 Å². The molecule has 4 heteroatoms. The van der Waals surface area contributed by atoms with Gasteiger partial charge in [0.2, 0.25) is 0 Å². The number of hydrogen-bond donors (Lipinski definition) is 1. The molecule has 1 aliphatic rings. The summed E-state index contributed by atoms with van der Waals surface area (Å²) in [6, 6.07) is 19.8. The van der Waals surface area contributed by atoms with Crippen LogP contribution in [-0.4, -0.2) is 35.3 Å². The molecule has 2 atom stereocenters. The van der Waals surface area contributed by atoms with E-state index in [1.165, 1.54) is 5.56 Å². The number of hydrogen-bond acceptors (Lipinski definition) is 3. The molecule has 0 saturated carbocycles. The van der Waals surface area contributed by atoms with E-state index in [-0.39, 0.29) is 18.6 Å². The van der Waals surface area contributed by atoms with Crippen molar-refractivity contribution in [2.45, 2.75) is 25.6 Å². The van der Waals surface area contributed by atoms with Crippen molar-refractivity contribution in [2.24, 2.45) is 5.92 Å². The van der Waals surface area contributed by atoms with Gasteiger partial charge in [-0.05, 0) is 29.9 Å². The van der Waals surface area contributed by atoms with Crippen LogP contribution in [0.5, 0.6) is 0 Å². The Morgan fingerprint density at radius 3 is 2.29 bits per heavy atom. The third-order valence-electron chi connectivity index (χ3n) is 4.53. The largest absolute Gasteiger partial charge is 0.445 e. The van der Waals surface area contributed by atoms with Crippen molar-refractivity contribution in [3.63, 3.8) is 0 Å². The van der Waals surface area contributed by atoms with Crippen molar-refractivity contribution in [3.8, 4) is 0 Å². The Morgan fingerprint density at radius 1 is 1.04 bits per heavy atom. The number of aliphatic hydroxyl groups excluding tert-OH is 1. The topological polar surface area (TPSA) is 49.8 Å². The monoisotopic (exact) mass is 325 g/mol. The Morgan fingerprint density at radius 2 is 1.67 bits per heavy atom. The van der Waals surface area contributed by atoms with Gasteiger partial charge in [-0.3, -0.25) is 0 Å². The molecule has 1 fully saturated rings. The number of likely N-dealkylation sites (tertiary alicyclic amines) is 1. The van der Waals surface area contributed by atoms with E-state index >= 15 is 0 Å². The van der Waals surface area contributed by atoms with Crippen molar-refractivity contribution in [1.82, 2.24) is 4.90 Å². The molecule has 1 aliphatic heterocycles. The highest BCUT2D eigenvalue weighted by atomic mass is 16.6. The Kier molecular flexibility index (Phi) is 5.49. The molecule has 2 unspecified atom stereocenters. The maximum Gasteiger partial charge on any atom is 0.410 e. The molecule has 1 amide bonds. The van der Waals surface area contributed by atoms with Gasteiger partial charge < -0.3 is 14.7 Å². The van der Waals surface area contributed by atoms with Crippen LogP contribution in [0.1, 0.15) is 17.5 Å². The predicted molar refractivity (Wildman–Crippen MR) is 92.5 cm³/mol. The van der Waals surface area contributed by atoms with E-state index in [2.05, 4.69) is 12.1 Å². The molecule has 24 heavy (non-hydrogen) atoms. The molecule has 0 aliphatic carbocycles. The lowest BCUT2D eigenvalue weighted by Gasteiger charge is -2.35. The van der Waals surface area contributed by atoms with Crippen LogP contribution in [-0.2, 0) is 17.8 Å². The molecule has 0 spiro atoms. The SMILES string of the molecule is O=C(OCc1ccccc1)N1CCC(Cc2ccccc2)C(O)C1. The first-order chi connectivity index (χ1) is 11.7. The molecule has 4 nitrogen and oxygen atoms in total. The molecular weight excluding hydrogens is 302 g/mol. The maximum absolute atomic E-state index is 12.2. The van der Waals surface area contributed by atoms with E-state index in [0.717, 1.165) is 18.4 Å². The highest BCUT2D eigenvalue weighted by Crippen LogP contribution is 2.23. The summed E-state index contributed by atoms with van der Waals surface area (Å²) in [7, 11) is 0. The molecule has 1 heterocycles. The van der Waals surface area contributed by atoms with Gasteiger partial charge in [0.1, 0.15) is 6.61 Å². The first-order valence-corrected chi connectivity index (χ1v) is 8.40. The van der Waals surface area contributed by atoms with E-state index in [4.69, 9.17) is 4.74 Å². The van der Waals surface area contributed by atoms with Crippen molar-refractivity contribution >= 4 is 6.09 Å². The van der Waals surface area contributed by atoms with Gasteiger partial charge >= 0.3 is 6.09 Å². The Bertz CT molecular complexity index is 644. The minimum atomic E-state index is -0.511. The van der Waals surface area contributed by atoms with Crippen LogP contribution in [0.4, 0.5) is 4.79 Å². The third kappa shape index (κ3) is 4.36. The van der Waals surface area contributed by atoms with E-state index in [1.54, 1.807) is 4.90 Å². The van der Waals surface area contributed by atoms with Gasteiger partial charge in [-0.2, -0.15) is 0 Å². The second kappa shape index (κ2) is 7.97. The van der Waals surface area contributed by atoms with E-state index in [9.17, 15) is 9.90 Å². The molecule has 3 rings (SSSR count). The fourth-order valence-electron chi connectivity index (χ4n) is 3.11. The zero-order valence-electron chi connectivity index (χ0n) is 13.7. The number of carbonyl (C=O) groups excluding carboxylic acids is 1. The molecular formula is C20H23NO3. The smallest absolute Gasteiger partial charge is 0.410 e. The van der Waals surface area contributed by atoms with Crippen molar-refractivity contribution in [3.05, 3.63) is 71.8 Å². The lowest BCUT2D eigenvalue weighted by molar-refractivity contribution is 0.0138. The van der Waals surface area contributed by atoms with Gasteiger partial charge in [0, 0.05) is 6.54 Å². The quantitative estimate of drug-likeness (QED) is 0.939. The average molecular weight is 325 g/mol. The average Bonchev–Trinajstić information content (AvgIpc) is 2.63. The zero-order valence-corrected chi connectivity index (χ0v) is 13.7. The van der Waals surface area contributed by atoms with Crippen molar-refractivity contribution in [1.29, 1.82) is 0 Å². The minimum absolute atomic E-state index is 0.186. The van der Waals surface area contributed by atoms with Gasteiger partial charge in [0.05, 0.1) is 12.6 Å². The molecule has 2 aromatic rings. The van der Waals surface area contributed by atoms with Crippen LogP contribution in [0.3, 0.4) is 0 Å². The predicted octanol–water partition coefficient (Wildman–Crippen LogP) is 3.25. The normalized spacial score (nSPS) is 20.6. The van der Waals surface area contributed by atoms with Crippen LogP contribution in [0.15, 0.2) is 60.7 Å². The number of nitrogens with zero attached hydrogens (tertiary/aromatic N) is 1. The number of carbonyl (C=O) groups is 1. The minimum Gasteiger partial charge on any atom is -0.445 e. The molecule has 0 aromatic heterocycles. The summed E-state index contributed by atoms with van der Waals surface area (Å²) >= 11 is 0. The number of piperidine rings is 1. The molecule has 0 bridgehead atoms. The van der Waals surface area contributed by atoms with Crippen molar-refractivity contribution < 1.29 is 14.6 Å². The second-order valence-electron chi connectivity index (χ2n) is 6.29. The lowest BCUT2D eigenvalue weighted by Crippen LogP contribution is -2.47. The first kappa shape index (κ1) is 16.5. The lowest BCUT2D eigenvalue weighted by atomic mass is 9.88. The number of amides is 1. The van der Waals surface area contributed by atoms with Crippen LogP contribution in [0.2, 0.25) is 0 Å². The highest BCUT2D eigenvalue weighted by molar-refractivity contribution is 5.67. The summed E-state index contributed by atoms with van der Waals surface area (Å²) in [6.07, 6.45) is 0.769. The maximum atomic E-state index is 12.2. The Labute approximate surface area is 142 Å². The Balaban J connectivity index is 1.48. The van der Waals surface area contributed by atoms with Gasteiger partial charge in [-0.1, -0.05) is 60.7 Å². The summed E-state index contributed by atoms with van der Waals surface area (Å²) in [5, 5.41) is 10.4. The fourth-order valence-corrected chi connectivity index (χ4v) is 3.11. The molecule has 2 aromatic carbocycles. The van der Waals surface area contributed by atoms with Crippen LogP contribution < -0.4 is 0 Å². The summed E-state index contributed by atoms with van der Waals surface area (Å²) in [6.45, 7) is 1.23. The van der Waals surface area contributed by atoms with Gasteiger partial charge in [-0.15, -0.1) is 0 Å². The van der Waals surface area contributed by atoms with Gasteiger partial charge in [0.15, 0.2) is 0 Å². The number of rotatable bonds is 4. The number of aliphatic hydroxyl groups is 1. The standard InChI is InChI=1S/C20H23NO3/c22-19-14-21(20(23)24-15-17-9-5-2-6-10-17)12-11-18(19)13-16-7-3-1-4-8-16/h1-10,18-19,22H,11-15H2. The van der Waals surface area contributed by atoms with Gasteiger partial charge in [0.25, 0.3) is 0 Å². The van der Waals surface area contributed by atoms with Gasteiger partial charge in [-0.25, -0.2) is 4.79 Å². The summed E-state index contributed by atoms with van der Waals surface area (Å²) in [5.74, 6) is 0.186. The molecule has 126 valence electrons. The van der Waals surface area contributed by atoms with Crippen LogP contribution in [0, 0.1) is 5.92 Å². The van der Waals surface area contributed by atoms with E-state index in [1.807, 2.05) is 48.5 Å². The number of β-amino-alcohol motifs (C(OH)–C–C–N with tert-alkyl or cyclic N) is 1. The van der Waals surface area contributed by atoms with Crippen molar-refractivity contribution in [2.75, 3.05) is 13.1 Å². The fraction of sp³-hybridized carbons (Fsp3) is 0.350. The highest BCUT2D eigenvalue weighted by Gasteiger charge is 2.30. The second-order valence-corrected chi connectivity index (χ2v) is 6.29. The van der Waals surface area contributed by atoms with Crippen LogP contribution in [0.25, 0.3) is 0 Å². The molecule has 1 N–H and O–H groups in total. The zero-order chi connectivity index (χ0) is 16.8. The summed E-state index contributed by atoms with van der Waals surface area (Å²) < 4.78 is 5.35. The third-order valence-corrected chi connectivity index (χ3v) is 4.53. The van der Waals surface area contributed by atoms with Crippen LogP contribution >= 0.6 is 0 Å². The summed E-state index contributed by atoms with van der Waals surface area (Å²) in [5.41, 5.74) is 2.19. The molecule has 1 saturated heterocycles.